The Kier molecular flexibility index (Phi) is 1.47. The molecule has 1 heterocycles. The highest BCUT2D eigenvalue weighted by Crippen LogP contribution is 2.22. The summed E-state index contributed by atoms with van der Waals surface area (Å²) in [6.45, 7) is 3.74. The highest BCUT2D eigenvalue weighted by molar-refractivity contribution is 7.17. The van der Waals surface area contributed by atoms with E-state index in [9.17, 15) is 0 Å². The molecule has 2 aromatic rings. The van der Waals surface area contributed by atoms with Crippen LogP contribution in [0.15, 0.2) is 30.3 Å². The molecule has 0 saturated carbocycles. The van der Waals surface area contributed by atoms with E-state index in [2.05, 4.69) is 11.6 Å². The van der Waals surface area contributed by atoms with Crippen molar-refractivity contribution in [3.05, 3.63) is 35.9 Å². The maximum absolute atomic E-state index is 4.20. The Hall–Kier alpha value is -1.15. The van der Waals surface area contributed by atoms with E-state index in [1.165, 1.54) is 10.3 Å². The zero-order chi connectivity index (χ0) is 7.68. The molecule has 1 nitrogen and oxygen atoms in total. The second kappa shape index (κ2) is 2.47. The quantitative estimate of drug-likeness (QED) is 0.626. The molecule has 2 rings (SSSR count). The molecule has 0 N–H and O–H groups in total. The number of hydrogen-bond donors (Lipinski definition) is 0. The summed E-state index contributed by atoms with van der Waals surface area (Å²) in [7, 11) is 0. The first-order chi connectivity index (χ1) is 5.42. The van der Waals surface area contributed by atoms with Gasteiger partial charge in [0.1, 0.15) is 0 Å². The Balaban J connectivity index is 2.88. The second-order valence-electron chi connectivity index (χ2n) is 2.25. The third-order valence-electron chi connectivity index (χ3n) is 1.61. The van der Waals surface area contributed by atoms with Crippen molar-refractivity contribution >= 4 is 27.6 Å². The second-order valence-corrected chi connectivity index (χ2v) is 3.11. The first-order valence-electron chi connectivity index (χ1n) is 3.36. The molecule has 11 heavy (non-hydrogen) atoms. The number of thiazole rings is 1. The van der Waals surface area contributed by atoms with Crippen molar-refractivity contribution in [2.45, 2.75) is 0 Å². The van der Waals surface area contributed by atoms with Gasteiger partial charge in [0.05, 0.1) is 15.7 Å². The lowest BCUT2D eigenvalue weighted by atomic mass is 10.2. The maximum Gasteiger partial charge on any atom is 0.0818 e. The van der Waals surface area contributed by atoms with E-state index in [-0.39, 0.29) is 0 Å². The smallest absolute Gasteiger partial charge is 0.0818 e. The van der Waals surface area contributed by atoms with Gasteiger partial charge in [0.15, 0.2) is 0 Å². The predicted octanol–water partition coefficient (Wildman–Crippen LogP) is 2.94. The number of aromatic nitrogens is 1. The van der Waals surface area contributed by atoms with Gasteiger partial charge in [-0.15, -0.1) is 11.3 Å². The molecule has 0 unspecified atom stereocenters. The van der Waals surface area contributed by atoms with Crippen molar-refractivity contribution in [2.75, 3.05) is 0 Å². The van der Waals surface area contributed by atoms with E-state index in [0.29, 0.717) is 0 Å². The van der Waals surface area contributed by atoms with E-state index in [1.807, 2.05) is 29.8 Å². The van der Waals surface area contributed by atoms with Crippen LogP contribution in [0.3, 0.4) is 0 Å². The molecule has 0 spiro atoms. The summed E-state index contributed by atoms with van der Waals surface area (Å²) in [6, 6.07) is 6.06. The van der Waals surface area contributed by atoms with Gasteiger partial charge in [-0.25, -0.2) is 4.98 Å². The molecule has 0 bridgehead atoms. The molecule has 0 aliphatic carbocycles. The average molecular weight is 161 g/mol. The maximum atomic E-state index is 4.20. The molecule has 1 aromatic heterocycles. The third kappa shape index (κ3) is 0.955. The Bertz CT molecular complexity index is 389. The van der Waals surface area contributed by atoms with Crippen molar-refractivity contribution < 1.29 is 0 Å². The van der Waals surface area contributed by atoms with Crippen molar-refractivity contribution in [3.63, 3.8) is 0 Å². The van der Waals surface area contributed by atoms with E-state index in [1.54, 1.807) is 11.3 Å². The fraction of sp³-hybridized carbons (Fsp3) is 0. The number of benzene rings is 1. The molecular formula is C9H7NS. The first-order valence-corrected chi connectivity index (χ1v) is 4.24. The lowest BCUT2D eigenvalue weighted by molar-refractivity contribution is 1.50. The molecule has 0 fully saturated rings. The molecule has 0 aliphatic heterocycles. The van der Waals surface area contributed by atoms with Gasteiger partial charge in [-0.3, -0.25) is 0 Å². The molecular weight excluding hydrogens is 154 g/mol. The predicted molar refractivity (Wildman–Crippen MR) is 49.7 cm³/mol. The third-order valence-corrected chi connectivity index (χ3v) is 2.50. The van der Waals surface area contributed by atoms with Crippen molar-refractivity contribution in [1.82, 2.24) is 4.98 Å². The monoisotopic (exact) mass is 161 g/mol. The van der Waals surface area contributed by atoms with Crippen LogP contribution in [0.1, 0.15) is 5.56 Å². The van der Waals surface area contributed by atoms with E-state index in [0.717, 1.165) is 5.52 Å². The number of nitrogens with zero attached hydrogens (tertiary/aromatic N) is 1. The fourth-order valence-electron chi connectivity index (χ4n) is 1.07. The standard InChI is InChI=1S/C9H7NS/c1-2-7-4-3-5-8-9(7)11-6-10-8/h2-6H,1H2. The van der Waals surface area contributed by atoms with Crippen LogP contribution < -0.4 is 0 Å². The molecule has 2 heteroatoms. The molecule has 54 valence electrons. The van der Waals surface area contributed by atoms with Crippen LogP contribution in [0.5, 0.6) is 0 Å². The van der Waals surface area contributed by atoms with E-state index >= 15 is 0 Å². The van der Waals surface area contributed by atoms with Gasteiger partial charge >= 0.3 is 0 Å². The molecule has 0 saturated heterocycles. The highest BCUT2D eigenvalue weighted by atomic mass is 32.1. The van der Waals surface area contributed by atoms with Gasteiger partial charge in [0.25, 0.3) is 0 Å². The minimum atomic E-state index is 1.06. The van der Waals surface area contributed by atoms with Gasteiger partial charge in [-0.1, -0.05) is 24.8 Å². The van der Waals surface area contributed by atoms with E-state index < -0.39 is 0 Å². The summed E-state index contributed by atoms with van der Waals surface area (Å²) in [5, 5.41) is 0. The number of hydrogen-bond acceptors (Lipinski definition) is 2. The van der Waals surface area contributed by atoms with Crippen LogP contribution in [-0.4, -0.2) is 4.98 Å². The Labute approximate surface area is 69.0 Å². The van der Waals surface area contributed by atoms with Crippen molar-refractivity contribution in [2.24, 2.45) is 0 Å². The Morgan fingerprint density at radius 3 is 3.18 bits per heavy atom. The van der Waals surface area contributed by atoms with Crippen LogP contribution in [0, 0.1) is 0 Å². The van der Waals surface area contributed by atoms with E-state index in [4.69, 9.17) is 0 Å². The largest absolute Gasteiger partial charge is 0.245 e. The van der Waals surface area contributed by atoms with Crippen molar-refractivity contribution in [3.8, 4) is 0 Å². The SMILES string of the molecule is C=Cc1cccc2ncsc12. The summed E-state index contributed by atoms with van der Waals surface area (Å²) >= 11 is 1.66. The minimum Gasteiger partial charge on any atom is -0.245 e. The fourth-order valence-corrected chi connectivity index (χ4v) is 1.87. The number of fused-ring (bicyclic) bond motifs is 1. The highest BCUT2D eigenvalue weighted by Gasteiger charge is 1.97. The lowest BCUT2D eigenvalue weighted by Crippen LogP contribution is -1.70. The summed E-state index contributed by atoms with van der Waals surface area (Å²) in [4.78, 5) is 4.20. The van der Waals surface area contributed by atoms with Crippen LogP contribution in [0.4, 0.5) is 0 Å². The normalized spacial score (nSPS) is 10.2. The van der Waals surface area contributed by atoms with Gasteiger partial charge in [0.2, 0.25) is 0 Å². The Morgan fingerprint density at radius 1 is 1.45 bits per heavy atom. The summed E-state index contributed by atoms with van der Waals surface area (Å²) in [5.74, 6) is 0. The molecule has 0 amide bonds. The van der Waals surface area contributed by atoms with Gasteiger partial charge < -0.3 is 0 Å². The lowest BCUT2D eigenvalue weighted by Gasteiger charge is -1.91. The summed E-state index contributed by atoms with van der Waals surface area (Å²) < 4.78 is 1.22. The number of rotatable bonds is 1. The van der Waals surface area contributed by atoms with Crippen LogP contribution >= 0.6 is 11.3 Å². The molecule has 0 radical (unpaired) electrons. The van der Waals surface area contributed by atoms with Gasteiger partial charge in [-0.05, 0) is 11.6 Å². The van der Waals surface area contributed by atoms with Crippen LogP contribution in [0.25, 0.3) is 16.3 Å². The zero-order valence-electron chi connectivity index (χ0n) is 5.95. The molecule has 1 aromatic carbocycles. The molecule has 0 aliphatic rings. The zero-order valence-corrected chi connectivity index (χ0v) is 6.77. The van der Waals surface area contributed by atoms with Crippen molar-refractivity contribution in [1.29, 1.82) is 0 Å². The van der Waals surface area contributed by atoms with Gasteiger partial charge in [-0.2, -0.15) is 0 Å². The summed E-state index contributed by atoms with van der Waals surface area (Å²) in [5.41, 5.74) is 4.09. The topological polar surface area (TPSA) is 12.9 Å². The summed E-state index contributed by atoms with van der Waals surface area (Å²) in [6.07, 6.45) is 1.86. The minimum absolute atomic E-state index is 1.06. The molecule has 0 atom stereocenters. The average Bonchev–Trinajstić information content (AvgIpc) is 2.50. The van der Waals surface area contributed by atoms with Gasteiger partial charge in [0, 0.05) is 0 Å². The van der Waals surface area contributed by atoms with Crippen LogP contribution in [-0.2, 0) is 0 Å². The Morgan fingerprint density at radius 2 is 2.36 bits per heavy atom. The first kappa shape index (κ1) is 6.55. The van der Waals surface area contributed by atoms with Crippen LogP contribution in [0.2, 0.25) is 0 Å².